The van der Waals surface area contributed by atoms with E-state index >= 15 is 8.78 Å². The first-order valence-electron chi connectivity index (χ1n) is 14.0. The van der Waals surface area contributed by atoms with E-state index in [2.05, 4.69) is 5.32 Å². The van der Waals surface area contributed by atoms with Crippen LogP contribution in [0.5, 0.6) is 5.75 Å². The molecule has 3 rings (SSSR count). The molecule has 47 heavy (non-hydrogen) atoms. The second-order valence-electron chi connectivity index (χ2n) is 10.7. The van der Waals surface area contributed by atoms with Gasteiger partial charge in [0.25, 0.3) is 11.7 Å². The van der Waals surface area contributed by atoms with Crippen LogP contribution in [0.2, 0.25) is 5.02 Å². The number of carbonyl (C=O) groups excluding carboxylic acids is 4. The highest BCUT2D eigenvalue weighted by atomic mass is 35.5. The smallest absolute Gasteiger partial charge is 0.452 e. The number of methoxy groups -OCH3 is 1. The maximum absolute atomic E-state index is 15.3. The minimum atomic E-state index is -5.30. The largest absolute Gasteiger partial charge is 0.497 e. The van der Waals surface area contributed by atoms with Gasteiger partial charge >= 0.3 is 12.1 Å². The number of carbonyl (C=O) groups is 4. The van der Waals surface area contributed by atoms with Crippen molar-refractivity contribution >= 4 is 35.1 Å². The molecular formula is C32H30ClF6N3O5. The van der Waals surface area contributed by atoms with Crippen LogP contribution in [-0.2, 0) is 31.5 Å². The fourth-order valence-electron chi connectivity index (χ4n) is 4.48. The summed E-state index contributed by atoms with van der Waals surface area (Å²) >= 11 is 5.88. The third-order valence-corrected chi connectivity index (χ3v) is 7.30. The Bertz CT molecular complexity index is 1600. The van der Waals surface area contributed by atoms with Crippen molar-refractivity contribution in [3.8, 4) is 5.75 Å². The van der Waals surface area contributed by atoms with Crippen LogP contribution in [0.4, 0.5) is 26.3 Å². The summed E-state index contributed by atoms with van der Waals surface area (Å²) in [6.45, 7) is 2.53. The Balaban J connectivity index is 2.01. The van der Waals surface area contributed by atoms with Crippen molar-refractivity contribution in [3.05, 3.63) is 100 Å². The predicted molar refractivity (Wildman–Crippen MR) is 159 cm³/mol. The molecule has 0 saturated heterocycles. The van der Waals surface area contributed by atoms with Crippen molar-refractivity contribution in [2.24, 2.45) is 5.92 Å². The lowest BCUT2D eigenvalue weighted by Crippen LogP contribution is -2.56. The number of alkyl halides is 5. The molecule has 3 atom stereocenters. The van der Waals surface area contributed by atoms with E-state index in [0.717, 1.165) is 24.3 Å². The van der Waals surface area contributed by atoms with Crippen LogP contribution in [0.3, 0.4) is 0 Å². The Morgan fingerprint density at radius 3 is 2.02 bits per heavy atom. The summed E-state index contributed by atoms with van der Waals surface area (Å²) in [6, 6.07) is 8.93. The van der Waals surface area contributed by atoms with E-state index in [1.54, 1.807) is 0 Å². The van der Waals surface area contributed by atoms with E-state index in [1.807, 2.05) is 10.6 Å². The number of rotatable bonds is 13. The SMILES string of the molecule is COc1ccc(C(NC(=O)C(Cc2cccc(F)c2)NC(=O)C(F)(F)c2ccccc2Cl)C(=O)NC(C(=O)C(F)(F)F)C(C)C)cc1. The van der Waals surface area contributed by atoms with E-state index in [0.29, 0.717) is 5.75 Å². The Hall–Kier alpha value is -4.59. The topological polar surface area (TPSA) is 114 Å². The van der Waals surface area contributed by atoms with Crippen molar-refractivity contribution < 1.29 is 50.3 Å². The summed E-state index contributed by atoms with van der Waals surface area (Å²) < 4.78 is 89.5. The standard InChI is InChI=1S/C32H30ClF6N3O5/c1-17(2)25(27(43)32(37,38)39)41-29(45)26(19-11-13-21(47-3)14-12-19)42-28(44)24(16-18-7-6-8-20(34)15-18)40-30(46)31(35,36)22-9-4-5-10-23(22)33/h4-15,17,24-26H,16H2,1-3H3,(H,40,46)(H,41,45)(H,42,44). The van der Waals surface area contributed by atoms with E-state index in [-0.39, 0.29) is 11.1 Å². The van der Waals surface area contributed by atoms with Crippen molar-refractivity contribution in [1.29, 1.82) is 0 Å². The fourth-order valence-corrected chi connectivity index (χ4v) is 4.74. The minimum absolute atomic E-state index is 0.00385. The number of hydrogen-bond donors (Lipinski definition) is 3. The fraction of sp³-hybridized carbons (Fsp3) is 0.312. The molecule has 0 bridgehead atoms. The lowest BCUT2D eigenvalue weighted by atomic mass is 9.97. The summed E-state index contributed by atoms with van der Waals surface area (Å²) in [6.07, 6.45) is -5.85. The average Bonchev–Trinajstić information content (AvgIpc) is 3.01. The van der Waals surface area contributed by atoms with Crippen molar-refractivity contribution in [3.63, 3.8) is 0 Å². The molecule has 0 aliphatic rings. The first-order chi connectivity index (χ1) is 21.9. The molecule has 0 spiro atoms. The van der Waals surface area contributed by atoms with Gasteiger partial charge < -0.3 is 20.7 Å². The molecule has 3 amide bonds. The van der Waals surface area contributed by atoms with Crippen LogP contribution in [0.15, 0.2) is 72.8 Å². The maximum atomic E-state index is 15.3. The molecule has 0 aromatic heterocycles. The second-order valence-corrected chi connectivity index (χ2v) is 11.1. The number of nitrogens with one attached hydrogen (secondary N) is 3. The Morgan fingerprint density at radius 1 is 0.830 bits per heavy atom. The number of ketones is 1. The first-order valence-corrected chi connectivity index (χ1v) is 14.4. The third kappa shape index (κ3) is 9.47. The first kappa shape index (κ1) is 36.9. The van der Waals surface area contributed by atoms with Gasteiger partial charge in [-0.15, -0.1) is 0 Å². The molecular weight excluding hydrogens is 656 g/mol. The molecule has 0 radical (unpaired) electrons. The molecule has 0 fully saturated rings. The Kier molecular flexibility index (Phi) is 12.0. The lowest BCUT2D eigenvalue weighted by molar-refractivity contribution is -0.175. The normalized spacial score (nSPS) is 13.7. The van der Waals surface area contributed by atoms with Gasteiger partial charge in [0.2, 0.25) is 11.8 Å². The predicted octanol–water partition coefficient (Wildman–Crippen LogP) is 5.44. The molecule has 8 nitrogen and oxygen atoms in total. The maximum Gasteiger partial charge on any atom is 0.452 e. The number of benzene rings is 3. The second kappa shape index (κ2) is 15.3. The Labute approximate surface area is 270 Å². The number of Topliss-reactive ketones (excluding diaryl/α,β-unsaturated/α-hetero) is 1. The number of amides is 3. The molecule has 0 heterocycles. The van der Waals surface area contributed by atoms with Gasteiger partial charge in [-0.1, -0.05) is 67.9 Å². The molecule has 3 N–H and O–H groups in total. The zero-order valence-electron chi connectivity index (χ0n) is 25.1. The summed E-state index contributed by atoms with van der Waals surface area (Å²) in [5, 5.41) is 5.77. The quantitative estimate of drug-likeness (QED) is 0.208. The van der Waals surface area contributed by atoms with Crippen LogP contribution < -0.4 is 20.7 Å². The summed E-state index contributed by atoms with van der Waals surface area (Å²) in [5.74, 6) is -12.4. The summed E-state index contributed by atoms with van der Waals surface area (Å²) in [5.41, 5.74) is -0.780. The third-order valence-electron chi connectivity index (χ3n) is 6.97. The highest BCUT2D eigenvalue weighted by molar-refractivity contribution is 6.31. The van der Waals surface area contributed by atoms with Crippen LogP contribution >= 0.6 is 11.6 Å². The van der Waals surface area contributed by atoms with Gasteiger partial charge in [-0.3, -0.25) is 19.2 Å². The van der Waals surface area contributed by atoms with Crippen molar-refractivity contribution in [1.82, 2.24) is 16.0 Å². The number of hydrogen-bond acceptors (Lipinski definition) is 5. The number of halogens is 7. The van der Waals surface area contributed by atoms with E-state index < -0.39 is 82.5 Å². The summed E-state index contributed by atoms with van der Waals surface area (Å²) in [7, 11) is 1.34. The summed E-state index contributed by atoms with van der Waals surface area (Å²) in [4.78, 5) is 52.2. The molecule has 252 valence electrons. The van der Waals surface area contributed by atoms with Gasteiger partial charge in [-0.05, 0) is 47.4 Å². The minimum Gasteiger partial charge on any atom is -0.497 e. The van der Waals surface area contributed by atoms with Gasteiger partial charge in [0, 0.05) is 12.0 Å². The van der Waals surface area contributed by atoms with Crippen LogP contribution in [0.25, 0.3) is 0 Å². The highest BCUT2D eigenvalue weighted by Gasteiger charge is 2.46. The molecule has 3 aromatic carbocycles. The van der Waals surface area contributed by atoms with E-state index in [1.165, 1.54) is 69.5 Å². The monoisotopic (exact) mass is 685 g/mol. The molecule has 15 heteroatoms. The van der Waals surface area contributed by atoms with Crippen LogP contribution in [0, 0.1) is 11.7 Å². The number of ether oxygens (including phenoxy) is 1. The molecule has 0 aliphatic heterocycles. The molecule has 3 unspecified atom stereocenters. The van der Waals surface area contributed by atoms with Crippen LogP contribution in [-0.4, -0.2) is 48.9 Å². The molecule has 0 saturated carbocycles. The highest BCUT2D eigenvalue weighted by Crippen LogP contribution is 2.34. The average molecular weight is 686 g/mol. The lowest BCUT2D eigenvalue weighted by Gasteiger charge is -2.28. The zero-order chi connectivity index (χ0) is 35.1. The zero-order valence-corrected chi connectivity index (χ0v) is 25.9. The van der Waals surface area contributed by atoms with E-state index in [9.17, 15) is 36.7 Å². The van der Waals surface area contributed by atoms with Gasteiger partial charge in [0.15, 0.2) is 0 Å². The Morgan fingerprint density at radius 2 is 1.47 bits per heavy atom. The van der Waals surface area contributed by atoms with E-state index in [4.69, 9.17) is 16.3 Å². The molecule has 3 aromatic rings. The van der Waals surface area contributed by atoms with Crippen LogP contribution in [0.1, 0.15) is 36.6 Å². The van der Waals surface area contributed by atoms with Gasteiger partial charge in [-0.2, -0.15) is 22.0 Å². The van der Waals surface area contributed by atoms with Crippen molar-refractivity contribution in [2.75, 3.05) is 7.11 Å². The molecule has 0 aliphatic carbocycles. The van der Waals surface area contributed by atoms with Gasteiger partial charge in [0.1, 0.15) is 23.7 Å². The van der Waals surface area contributed by atoms with Gasteiger partial charge in [-0.25, -0.2) is 4.39 Å². The van der Waals surface area contributed by atoms with Crippen molar-refractivity contribution in [2.45, 2.75) is 50.5 Å². The van der Waals surface area contributed by atoms with Gasteiger partial charge in [0.05, 0.1) is 18.2 Å².